The lowest BCUT2D eigenvalue weighted by molar-refractivity contribution is -0.142. The molecule has 1 fully saturated rings. The van der Waals surface area contributed by atoms with Crippen molar-refractivity contribution in [3.8, 4) is 0 Å². The van der Waals surface area contributed by atoms with Gasteiger partial charge in [0.15, 0.2) is 0 Å². The minimum atomic E-state index is -4.01. The van der Waals surface area contributed by atoms with Gasteiger partial charge in [0.25, 0.3) is 0 Å². The van der Waals surface area contributed by atoms with Gasteiger partial charge >= 0.3 is 11.9 Å². The number of esters is 1. The molecule has 2 rings (SSSR count). The summed E-state index contributed by atoms with van der Waals surface area (Å²) < 4.78 is 34.2. The molecule has 1 aliphatic heterocycles. The molecule has 9 heteroatoms. The molecule has 2 heterocycles. The number of ether oxygens (including phenoxy) is 1. The standard InChI is InChI=1S/C16H24N2O6S/c1-5-24-16(21)13-10(2)17(4)11(3)14(13)25(22,23)18-8-6-7-12(9-18)15(19)20/h12H,5-9H2,1-4H3,(H,19,20)/t12-/m0/s1. The van der Waals surface area contributed by atoms with Crippen molar-refractivity contribution in [2.45, 2.75) is 38.5 Å². The molecule has 0 amide bonds. The molecular formula is C16H24N2O6S. The summed E-state index contributed by atoms with van der Waals surface area (Å²) in [4.78, 5) is 23.5. The van der Waals surface area contributed by atoms with E-state index in [0.29, 0.717) is 24.2 Å². The minimum absolute atomic E-state index is 0.0271. The van der Waals surface area contributed by atoms with Crippen LogP contribution in [-0.2, 0) is 26.6 Å². The van der Waals surface area contributed by atoms with Crippen LogP contribution >= 0.6 is 0 Å². The van der Waals surface area contributed by atoms with Gasteiger partial charge in [-0.2, -0.15) is 4.31 Å². The average molecular weight is 372 g/mol. The number of piperidine rings is 1. The normalized spacial score (nSPS) is 19.0. The van der Waals surface area contributed by atoms with Gasteiger partial charge in [-0.1, -0.05) is 0 Å². The second-order valence-corrected chi connectivity index (χ2v) is 8.07. The highest BCUT2D eigenvalue weighted by Crippen LogP contribution is 2.32. The molecular weight excluding hydrogens is 348 g/mol. The predicted octanol–water partition coefficient (Wildman–Crippen LogP) is 1.30. The van der Waals surface area contributed by atoms with Crippen LogP contribution in [0.1, 0.15) is 41.5 Å². The van der Waals surface area contributed by atoms with Gasteiger partial charge in [-0.15, -0.1) is 0 Å². The fraction of sp³-hybridized carbons (Fsp3) is 0.625. The minimum Gasteiger partial charge on any atom is -0.481 e. The van der Waals surface area contributed by atoms with Crippen LogP contribution in [-0.4, -0.2) is 54.0 Å². The van der Waals surface area contributed by atoms with Crippen LogP contribution in [0.15, 0.2) is 4.90 Å². The van der Waals surface area contributed by atoms with Crippen molar-refractivity contribution in [1.29, 1.82) is 0 Å². The monoisotopic (exact) mass is 372 g/mol. The van der Waals surface area contributed by atoms with Gasteiger partial charge in [0, 0.05) is 31.5 Å². The molecule has 1 aromatic heterocycles. The summed E-state index contributed by atoms with van der Waals surface area (Å²) in [6, 6.07) is 0. The summed E-state index contributed by atoms with van der Waals surface area (Å²) >= 11 is 0. The molecule has 8 nitrogen and oxygen atoms in total. The number of rotatable bonds is 5. The third-order valence-electron chi connectivity index (χ3n) is 4.73. The lowest BCUT2D eigenvalue weighted by atomic mass is 10.0. The second kappa shape index (κ2) is 7.17. The number of carbonyl (C=O) groups is 2. The highest BCUT2D eigenvalue weighted by atomic mass is 32.2. The first kappa shape index (κ1) is 19.5. The molecule has 0 unspecified atom stereocenters. The van der Waals surface area contributed by atoms with Gasteiger partial charge in [0.1, 0.15) is 10.5 Å². The van der Waals surface area contributed by atoms with Crippen molar-refractivity contribution in [3.05, 3.63) is 17.0 Å². The van der Waals surface area contributed by atoms with Gasteiger partial charge in [-0.05, 0) is 33.6 Å². The zero-order valence-electron chi connectivity index (χ0n) is 14.9. The second-order valence-electron chi connectivity index (χ2n) is 6.19. The van der Waals surface area contributed by atoms with E-state index >= 15 is 0 Å². The first-order chi connectivity index (χ1) is 11.6. The zero-order valence-corrected chi connectivity index (χ0v) is 15.7. The third kappa shape index (κ3) is 3.43. The summed E-state index contributed by atoms with van der Waals surface area (Å²) in [5.74, 6) is -2.43. The van der Waals surface area contributed by atoms with Gasteiger partial charge in [-0.3, -0.25) is 4.79 Å². The number of carbonyl (C=O) groups excluding carboxylic acids is 1. The predicted molar refractivity (Wildman–Crippen MR) is 90.0 cm³/mol. The number of hydrogen-bond donors (Lipinski definition) is 1. The van der Waals surface area contributed by atoms with E-state index in [1.54, 1.807) is 32.4 Å². The van der Waals surface area contributed by atoms with E-state index < -0.39 is 27.9 Å². The van der Waals surface area contributed by atoms with Gasteiger partial charge in [0.2, 0.25) is 10.0 Å². The van der Waals surface area contributed by atoms with Crippen LogP contribution < -0.4 is 0 Å². The van der Waals surface area contributed by atoms with Crippen molar-refractivity contribution in [1.82, 2.24) is 8.87 Å². The Morgan fingerprint density at radius 1 is 1.28 bits per heavy atom. The van der Waals surface area contributed by atoms with Crippen LogP contribution in [0.2, 0.25) is 0 Å². The summed E-state index contributed by atoms with van der Waals surface area (Å²) in [6.07, 6.45) is 0.911. The molecule has 0 bridgehead atoms. The van der Waals surface area contributed by atoms with Crippen LogP contribution in [0.5, 0.6) is 0 Å². The molecule has 1 N–H and O–H groups in total. The van der Waals surface area contributed by atoms with Crippen molar-refractivity contribution in [3.63, 3.8) is 0 Å². The Morgan fingerprint density at radius 2 is 1.92 bits per heavy atom. The number of carboxylic acids is 1. The topological polar surface area (TPSA) is 106 Å². The number of sulfonamides is 1. The zero-order chi connectivity index (χ0) is 18.9. The molecule has 1 aromatic rings. The summed E-state index contributed by atoms with van der Waals surface area (Å²) in [6.45, 7) is 5.22. The van der Waals surface area contributed by atoms with E-state index in [0.717, 1.165) is 0 Å². The Morgan fingerprint density at radius 3 is 2.48 bits per heavy atom. The van der Waals surface area contributed by atoms with Crippen molar-refractivity contribution < 1.29 is 27.9 Å². The molecule has 1 atom stereocenters. The molecule has 0 radical (unpaired) electrons. The number of nitrogens with zero attached hydrogens (tertiary/aromatic N) is 2. The SMILES string of the molecule is CCOC(=O)c1c(S(=O)(=O)N2CCC[C@H](C(=O)O)C2)c(C)n(C)c1C. The smallest absolute Gasteiger partial charge is 0.341 e. The van der Waals surface area contributed by atoms with Crippen molar-refractivity contribution in [2.24, 2.45) is 13.0 Å². The molecule has 0 spiro atoms. The van der Waals surface area contributed by atoms with E-state index in [-0.39, 0.29) is 30.2 Å². The molecule has 140 valence electrons. The Labute approximate surface area is 147 Å². The lowest BCUT2D eigenvalue weighted by Gasteiger charge is -2.30. The molecule has 0 saturated carbocycles. The molecule has 0 aromatic carbocycles. The summed E-state index contributed by atoms with van der Waals surface area (Å²) in [7, 11) is -2.32. The molecule has 0 aliphatic carbocycles. The van der Waals surface area contributed by atoms with E-state index in [4.69, 9.17) is 4.74 Å². The maximum Gasteiger partial charge on any atom is 0.341 e. The molecule has 25 heavy (non-hydrogen) atoms. The number of hydrogen-bond acceptors (Lipinski definition) is 5. The maximum atomic E-state index is 13.2. The van der Waals surface area contributed by atoms with Gasteiger partial charge in [-0.25, -0.2) is 13.2 Å². The first-order valence-corrected chi connectivity index (χ1v) is 9.62. The maximum absolute atomic E-state index is 13.2. The quantitative estimate of drug-likeness (QED) is 0.781. The van der Waals surface area contributed by atoms with Gasteiger partial charge in [0.05, 0.1) is 12.5 Å². The first-order valence-electron chi connectivity index (χ1n) is 8.18. The number of carboxylic acid groups (broad SMARTS) is 1. The number of aromatic nitrogens is 1. The van der Waals surface area contributed by atoms with Crippen LogP contribution in [0.4, 0.5) is 0 Å². The average Bonchev–Trinajstić information content (AvgIpc) is 2.80. The van der Waals surface area contributed by atoms with E-state index in [9.17, 15) is 23.1 Å². The fourth-order valence-electron chi connectivity index (χ4n) is 3.17. The van der Waals surface area contributed by atoms with Gasteiger partial charge < -0.3 is 14.4 Å². The van der Waals surface area contributed by atoms with E-state index in [1.807, 2.05) is 0 Å². The van der Waals surface area contributed by atoms with Crippen LogP contribution in [0, 0.1) is 19.8 Å². The Bertz CT molecular complexity index is 796. The molecule has 1 saturated heterocycles. The summed E-state index contributed by atoms with van der Waals surface area (Å²) in [5, 5.41) is 9.21. The fourth-order valence-corrected chi connectivity index (χ4v) is 5.17. The van der Waals surface area contributed by atoms with E-state index in [2.05, 4.69) is 0 Å². The Balaban J connectivity index is 2.54. The van der Waals surface area contributed by atoms with Crippen LogP contribution in [0.25, 0.3) is 0 Å². The highest BCUT2D eigenvalue weighted by molar-refractivity contribution is 7.89. The third-order valence-corrected chi connectivity index (χ3v) is 6.76. The van der Waals surface area contributed by atoms with Crippen molar-refractivity contribution in [2.75, 3.05) is 19.7 Å². The highest BCUT2D eigenvalue weighted by Gasteiger charge is 2.38. The van der Waals surface area contributed by atoms with Crippen molar-refractivity contribution >= 4 is 22.0 Å². The summed E-state index contributed by atoms with van der Waals surface area (Å²) in [5.41, 5.74) is 0.957. The Kier molecular flexibility index (Phi) is 5.58. The largest absolute Gasteiger partial charge is 0.481 e. The van der Waals surface area contributed by atoms with E-state index in [1.165, 1.54) is 4.31 Å². The lowest BCUT2D eigenvalue weighted by Crippen LogP contribution is -2.42. The van der Waals surface area contributed by atoms with Crippen LogP contribution in [0.3, 0.4) is 0 Å². The number of aliphatic carboxylic acids is 1. The Hall–Kier alpha value is -1.87. The molecule has 1 aliphatic rings.